The van der Waals surface area contributed by atoms with E-state index < -0.39 is 11.6 Å². The summed E-state index contributed by atoms with van der Waals surface area (Å²) in [6.07, 6.45) is 3.64. The molecule has 0 aliphatic rings. The summed E-state index contributed by atoms with van der Waals surface area (Å²) >= 11 is 0. The lowest BCUT2D eigenvalue weighted by Crippen LogP contribution is -2.01. The Morgan fingerprint density at radius 2 is 1.96 bits per heavy atom. The third-order valence-corrected chi connectivity index (χ3v) is 3.77. The zero-order valence-corrected chi connectivity index (χ0v) is 14.8. The molecule has 4 aromatic rings. The second kappa shape index (κ2) is 7.42. The van der Waals surface area contributed by atoms with Gasteiger partial charge in [-0.2, -0.15) is 10.4 Å². The van der Waals surface area contributed by atoms with Crippen molar-refractivity contribution in [2.75, 3.05) is 11.1 Å². The monoisotopic (exact) mass is 400 g/mol. The van der Waals surface area contributed by atoms with E-state index in [1.165, 1.54) is 36.8 Å². The minimum Gasteiger partial charge on any atom is -0.384 e. The third-order valence-electron chi connectivity index (χ3n) is 3.77. The second-order valence-electron chi connectivity index (χ2n) is 5.49. The van der Waals surface area contributed by atoms with E-state index in [1.807, 2.05) is 6.07 Å². The molecule has 0 radical (unpaired) electrons. The molecule has 3 heterocycles. The Balaban J connectivity index is 0.00000225. The molecular formula is C17H11ClF2N8. The van der Waals surface area contributed by atoms with Crippen LogP contribution in [0, 0.1) is 23.0 Å². The molecule has 3 aromatic heterocycles. The molecule has 4 rings (SSSR count). The Morgan fingerprint density at radius 1 is 1.14 bits per heavy atom. The quantitative estimate of drug-likeness (QED) is 0.542. The highest BCUT2D eigenvalue weighted by atomic mass is 35.5. The fourth-order valence-corrected chi connectivity index (χ4v) is 2.59. The number of nitrogens with two attached hydrogens (primary N) is 1. The highest BCUT2D eigenvalue weighted by Crippen LogP contribution is 2.28. The number of anilines is 3. The second-order valence-corrected chi connectivity index (χ2v) is 5.49. The van der Waals surface area contributed by atoms with Gasteiger partial charge in [0.2, 0.25) is 0 Å². The number of nitrogens with one attached hydrogen (secondary N) is 1. The van der Waals surface area contributed by atoms with E-state index >= 15 is 0 Å². The number of nitrogens with zero attached hydrogens (tertiary/aromatic N) is 6. The van der Waals surface area contributed by atoms with Crippen molar-refractivity contribution in [3.8, 4) is 11.8 Å². The molecule has 8 nitrogen and oxygen atoms in total. The van der Waals surface area contributed by atoms with Crippen molar-refractivity contribution >= 4 is 40.8 Å². The third kappa shape index (κ3) is 3.26. The van der Waals surface area contributed by atoms with Crippen LogP contribution in [0.2, 0.25) is 0 Å². The van der Waals surface area contributed by atoms with E-state index in [0.29, 0.717) is 5.82 Å². The van der Waals surface area contributed by atoms with Crippen LogP contribution in [0.25, 0.3) is 16.6 Å². The molecule has 3 N–H and O–H groups in total. The van der Waals surface area contributed by atoms with Crippen molar-refractivity contribution in [2.24, 2.45) is 0 Å². The van der Waals surface area contributed by atoms with E-state index in [1.54, 1.807) is 0 Å². The lowest BCUT2D eigenvalue weighted by atomic mass is 10.2. The van der Waals surface area contributed by atoms with Crippen molar-refractivity contribution in [1.82, 2.24) is 24.7 Å². The molecule has 140 valence electrons. The Bertz CT molecular complexity index is 1220. The molecule has 0 saturated heterocycles. The first kappa shape index (κ1) is 18.9. The first-order chi connectivity index (χ1) is 13.1. The number of halogens is 3. The van der Waals surface area contributed by atoms with E-state index in [4.69, 9.17) is 5.73 Å². The van der Waals surface area contributed by atoms with E-state index in [2.05, 4.69) is 25.4 Å². The molecule has 0 aliphatic carbocycles. The maximum atomic E-state index is 14.3. The zero-order chi connectivity index (χ0) is 19.0. The maximum Gasteiger partial charge on any atom is 0.169 e. The fourth-order valence-electron chi connectivity index (χ4n) is 2.59. The molecule has 0 saturated carbocycles. The number of hydrogen-bond acceptors (Lipinski definition) is 7. The van der Waals surface area contributed by atoms with Crippen LogP contribution in [-0.4, -0.2) is 24.7 Å². The largest absolute Gasteiger partial charge is 0.384 e. The molecule has 1 aromatic carbocycles. The van der Waals surface area contributed by atoms with Crippen LogP contribution in [0.4, 0.5) is 26.2 Å². The molecule has 11 heteroatoms. The molecular weight excluding hydrogens is 390 g/mol. The smallest absolute Gasteiger partial charge is 0.169 e. The molecule has 0 amide bonds. The number of nitriles is 1. The lowest BCUT2D eigenvalue weighted by Gasteiger charge is -2.05. The highest BCUT2D eigenvalue weighted by Gasteiger charge is 2.17. The Morgan fingerprint density at radius 3 is 2.71 bits per heavy atom. The van der Waals surface area contributed by atoms with Crippen molar-refractivity contribution < 1.29 is 8.78 Å². The number of fused-ring (bicyclic) bond motifs is 1. The molecule has 0 bridgehead atoms. The van der Waals surface area contributed by atoms with E-state index in [0.717, 1.165) is 10.9 Å². The predicted molar refractivity (Wildman–Crippen MR) is 100 cm³/mol. The van der Waals surface area contributed by atoms with Crippen LogP contribution in [0.5, 0.6) is 0 Å². The topological polar surface area (TPSA) is 118 Å². The lowest BCUT2D eigenvalue weighted by molar-refractivity contribution is 0.608. The number of rotatable bonds is 3. The molecule has 0 unspecified atom stereocenters. The fraction of sp³-hybridized carbons (Fsp3) is 0. The van der Waals surface area contributed by atoms with Gasteiger partial charge in [0.05, 0.1) is 17.1 Å². The normalized spacial score (nSPS) is 10.3. The van der Waals surface area contributed by atoms with Crippen LogP contribution in [0.15, 0.2) is 43.0 Å². The number of pyridine rings is 1. The first-order valence-electron chi connectivity index (χ1n) is 7.64. The zero-order valence-electron chi connectivity index (χ0n) is 14.0. The molecule has 0 atom stereocenters. The van der Waals surface area contributed by atoms with Gasteiger partial charge in [-0.15, -0.1) is 12.4 Å². The van der Waals surface area contributed by atoms with Crippen molar-refractivity contribution in [1.29, 1.82) is 5.26 Å². The van der Waals surface area contributed by atoms with Gasteiger partial charge >= 0.3 is 0 Å². The van der Waals surface area contributed by atoms with Gasteiger partial charge in [0.15, 0.2) is 5.82 Å². The molecule has 0 spiro atoms. The molecule has 0 aliphatic heterocycles. The maximum absolute atomic E-state index is 14.3. The van der Waals surface area contributed by atoms with Gasteiger partial charge in [0.25, 0.3) is 0 Å². The first-order valence-corrected chi connectivity index (χ1v) is 7.64. The average molecular weight is 401 g/mol. The number of hydrogen-bond donors (Lipinski definition) is 2. The van der Waals surface area contributed by atoms with Crippen molar-refractivity contribution in [3.05, 3.63) is 60.2 Å². The highest BCUT2D eigenvalue weighted by molar-refractivity contribution is 5.91. The van der Waals surface area contributed by atoms with E-state index in [9.17, 15) is 14.0 Å². The Hall–Kier alpha value is -3.84. The average Bonchev–Trinajstić information content (AvgIpc) is 3.10. The van der Waals surface area contributed by atoms with Gasteiger partial charge in [0.1, 0.15) is 46.9 Å². The van der Waals surface area contributed by atoms with E-state index in [-0.39, 0.29) is 46.2 Å². The van der Waals surface area contributed by atoms with Gasteiger partial charge in [-0.3, -0.25) is 0 Å². The standard InChI is InChI=1S/C17H10F2N8.ClH/c18-11-3-1-2-9(5-20)16(11)27-7-10-15(26-27)12(19)6-22-17(10)25-14-4-13(21)23-8-24-14;/h1-4,6-8H,(H3,21,22,23,24,25);1H. The number of para-hydroxylation sites is 1. The van der Waals surface area contributed by atoms with Crippen LogP contribution in [0.1, 0.15) is 5.56 Å². The summed E-state index contributed by atoms with van der Waals surface area (Å²) < 4.78 is 29.6. The molecule has 0 fully saturated rings. The van der Waals surface area contributed by atoms with Gasteiger partial charge in [-0.05, 0) is 12.1 Å². The van der Waals surface area contributed by atoms with Crippen molar-refractivity contribution in [3.63, 3.8) is 0 Å². The van der Waals surface area contributed by atoms with Crippen LogP contribution in [0.3, 0.4) is 0 Å². The summed E-state index contributed by atoms with van der Waals surface area (Å²) in [7, 11) is 0. The van der Waals surface area contributed by atoms with Crippen molar-refractivity contribution in [2.45, 2.75) is 0 Å². The number of benzene rings is 1. The van der Waals surface area contributed by atoms with Crippen LogP contribution in [-0.2, 0) is 0 Å². The summed E-state index contributed by atoms with van der Waals surface area (Å²) in [5.74, 6) is -0.518. The molecule has 28 heavy (non-hydrogen) atoms. The summed E-state index contributed by atoms with van der Waals surface area (Å²) in [5, 5.41) is 16.5. The summed E-state index contributed by atoms with van der Waals surface area (Å²) in [6.45, 7) is 0. The Kier molecular flexibility index (Phi) is 5.02. The predicted octanol–water partition coefficient (Wildman–Crippen LogP) is 3.11. The number of aromatic nitrogens is 5. The SMILES string of the molecule is Cl.N#Cc1cccc(F)c1-n1cc2c(Nc3cc(N)ncn3)ncc(F)c2n1. The summed E-state index contributed by atoms with van der Waals surface area (Å²) in [6, 6.07) is 7.43. The van der Waals surface area contributed by atoms with Gasteiger partial charge < -0.3 is 11.1 Å². The Labute approximate surface area is 163 Å². The van der Waals surface area contributed by atoms with Gasteiger partial charge in [-0.25, -0.2) is 28.4 Å². The van der Waals surface area contributed by atoms with Crippen LogP contribution < -0.4 is 11.1 Å². The van der Waals surface area contributed by atoms with Gasteiger partial charge in [0, 0.05) is 12.3 Å². The number of nitrogen functional groups attached to an aromatic ring is 1. The van der Waals surface area contributed by atoms with Gasteiger partial charge in [-0.1, -0.05) is 6.07 Å². The van der Waals surface area contributed by atoms with Crippen LogP contribution >= 0.6 is 12.4 Å². The summed E-state index contributed by atoms with van der Waals surface area (Å²) in [5.41, 5.74) is 5.57. The summed E-state index contributed by atoms with van der Waals surface area (Å²) in [4.78, 5) is 11.8. The minimum absolute atomic E-state index is 0. The minimum atomic E-state index is -0.689.